The Bertz CT molecular complexity index is 191. The molecule has 1 rings (SSSR count). The molecule has 1 N–H and O–H groups in total. The van der Waals surface area contributed by atoms with Gasteiger partial charge in [-0.25, -0.2) is 0 Å². The van der Waals surface area contributed by atoms with Crippen molar-refractivity contribution in [3.63, 3.8) is 0 Å². The van der Waals surface area contributed by atoms with Crippen molar-refractivity contribution in [1.82, 2.24) is 0 Å². The van der Waals surface area contributed by atoms with Gasteiger partial charge in [-0.05, 0) is 26.7 Å². The maximum atomic E-state index is 11.5. The molecular weight excluding hydrogens is 168 g/mol. The minimum atomic E-state index is -0.658. The minimum absolute atomic E-state index is 0.248. The summed E-state index contributed by atoms with van der Waals surface area (Å²) in [5.74, 6) is -0.248. The van der Waals surface area contributed by atoms with E-state index in [1.807, 2.05) is 0 Å². The zero-order chi connectivity index (χ0) is 9.90. The average molecular weight is 186 g/mol. The summed E-state index contributed by atoms with van der Waals surface area (Å²) in [6.07, 6.45) is 2.95. The van der Waals surface area contributed by atoms with E-state index in [2.05, 4.69) is 0 Å². The molecule has 0 bridgehead atoms. The summed E-state index contributed by atoms with van der Waals surface area (Å²) < 4.78 is 4.96. The van der Waals surface area contributed by atoms with Gasteiger partial charge in [-0.2, -0.15) is 0 Å². The van der Waals surface area contributed by atoms with E-state index in [9.17, 15) is 9.90 Å². The van der Waals surface area contributed by atoms with E-state index in [4.69, 9.17) is 4.74 Å². The molecule has 3 heteroatoms. The summed E-state index contributed by atoms with van der Waals surface area (Å²) >= 11 is 0. The van der Waals surface area contributed by atoms with Gasteiger partial charge in [0.25, 0.3) is 0 Å². The van der Waals surface area contributed by atoms with Gasteiger partial charge in [0, 0.05) is 0 Å². The number of aliphatic hydroxyl groups excluding tert-OH is 1. The second-order valence-electron chi connectivity index (χ2n) is 3.90. The van der Waals surface area contributed by atoms with Crippen molar-refractivity contribution in [2.24, 2.45) is 5.41 Å². The van der Waals surface area contributed by atoms with Crippen molar-refractivity contribution in [1.29, 1.82) is 0 Å². The van der Waals surface area contributed by atoms with Crippen LogP contribution in [0.1, 0.15) is 39.5 Å². The lowest BCUT2D eigenvalue weighted by atomic mass is 9.73. The molecule has 0 heterocycles. The molecule has 13 heavy (non-hydrogen) atoms. The van der Waals surface area contributed by atoms with Crippen molar-refractivity contribution < 1.29 is 14.6 Å². The number of hydrogen-bond donors (Lipinski definition) is 1. The third kappa shape index (κ3) is 2.02. The molecule has 1 aliphatic rings. The van der Waals surface area contributed by atoms with E-state index in [1.165, 1.54) is 0 Å². The lowest BCUT2D eigenvalue weighted by Crippen LogP contribution is -2.43. The highest BCUT2D eigenvalue weighted by atomic mass is 16.5. The van der Waals surface area contributed by atoms with E-state index < -0.39 is 11.5 Å². The lowest BCUT2D eigenvalue weighted by molar-refractivity contribution is -0.164. The number of ether oxygens (including phenoxy) is 1. The molecule has 1 aliphatic carbocycles. The highest BCUT2D eigenvalue weighted by Crippen LogP contribution is 2.37. The Labute approximate surface area is 79.1 Å². The van der Waals surface area contributed by atoms with Gasteiger partial charge in [-0.15, -0.1) is 0 Å². The summed E-state index contributed by atoms with van der Waals surface area (Å²) in [5.41, 5.74) is -0.658. The van der Waals surface area contributed by atoms with Gasteiger partial charge in [-0.3, -0.25) is 4.79 Å². The number of carbonyl (C=O) groups is 1. The van der Waals surface area contributed by atoms with Crippen LogP contribution < -0.4 is 0 Å². The Morgan fingerprint density at radius 1 is 1.62 bits per heavy atom. The summed E-state index contributed by atoms with van der Waals surface area (Å²) in [6, 6.07) is 0. The highest BCUT2D eigenvalue weighted by molar-refractivity contribution is 5.77. The second kappa shape index (κ2) is 4.09. The molecule has 0 aromatic rings. The zero-order valence-corrected chi connectivity index (χ0v) is 8.38. The highest BCUT2D eigenvalue weighted by Gasteiger charge is 2.43. The Kier molecular flexibility index (Phi) is 3.31. The van der Waals surface area contributed by atoms with Crippen LogP contribution in [0.5, 0.6) is 0 Å². The molecule has 3 nitrogen and oxygen atoms in total. The van der Waals surface area contributed by atoms with Crippen LogP contribution in [0, 0.1) is 5.41 Å². The molecule has 1 fully saturated rings. The van der Waals surface area contributed by atoms with Crippen molar-refractivity contribution in [2.45, 2.75) is 45.6 Å². The largest absolute Gasteiger partial charge is 0.465 e. The van der Waals surface area contributed by atoms with Crippen LogP contribution in [0.25, 0.3) is 0 Å². The topological polar surface area (TPSA) is 46.5 Å². The quantitative estimate of drug-likeness (QED) is 0.665. The maximum Gasteiger partial charge on any atom is 0.314 e. The molecule has 0 aromatic carbocycles. The predicted octanol–water partition coefficient (Wildman–Crippen LogP) is 1.49. The molecule has 0 radical (unpaired) electrons. The van der Waals surface area contributed by atoms with Crippen molar-refractivity contribution in [2.75, 3.05) is 6.61 Å². The standard InChI is InChI=1S/C10H18O3/c1-3-13-9(12)10(2)7-5-4-6-8(10)11/h8,11H,3-7H2,1-2H3/t8-,10-/m0/s1. The number of carbonyl (C=O) groups excluding carboxylic acids is 1. The van der Waals surface area contributed by atoms with E-state index in [1.54, 1.807) is 13.8 Å². The van der Waals surface area contributed by atoms with E-state index in [-0.39, 0.29) is 5.97 Å². The van der Waals surface area contributed by atoms with Crippen LogP contribution in [-0.2, 0) is 9.53 Å². The minimum Gasteiger partial charge on any atom is -0.465 e. The van der Waals surface area contributed by atoms with Gasteiger partial charge in [0.2, 0.25) is 0 Å². The predicted molar refractivity (Wildman–Crippen MR) is 49.2 cm³/mol. The first-order valence-electron chi connectivity index (χ1n) is 4.96. The van der Waals surface area contributed by atoms with Crippen molar-refractivity contribution >= 4 is 5.97 Å². The monoisotopic (exact) mass is 186 g/mol. The molecule has 0 aromatic heterocycles. The number of esters is 1. The molecular formula is C10H18O3. The summed E-state index contributed by atoms with van der Waals surface area (Å²) in [4.78, 5) is 11.5. The first-order chi connectivity index (χ1) is 6.11. The molecule has 0 spiro atoms. The fourth-order valence-electron chi connectivity index (χ4n) is 1.85. The average Bonchev–Trinajstić information content (AvgIpc) is 2.11. The van der Waals surface area contributed by atoms with Gasteiger partial charge >= 0.3 is 5.97 Å². The molecule has 0 unspecified atom stereocenters. The Morgan fingerprint density at radius 2 is 2.31 bits per heavy atom. The molecule has 0 amide bonds. The molecule has 76 valence electrons. The van der Waals surface area contributed by atoms with E-state index >= 15 is 0 Å². The Hall–Kier alpha value is -0.570. The van der Waals surface area contributed by atoms with Gasteiger partial charge in [0.05, 0.1) is 18.1 Å². The first-order valence-corrected chi connectivity index (χ1v) is 4.96. The van der Waals surface area contributed by atoms with Crippen LogP contribution in [-0.4, -0.2) is 23.8 Å². The zero-order valence-electron chi connectivity index (χ0n) is 8.38. The molecule has 1 saturated carbocycles. The summed E-state index contributed by atoms with van der Waals surface area (Å²) in [6.45, 7) is 3.98. The molecule has 0 aliphatic heterocycles. The van der Waals surface area contributed by atoms with Gasteiger partial charge < -0.3 is 9.84 Å². The number of aliphatic hydroxyl groups is 1. The molecule has 0 saturated heterocycles. The van der Waals surface area contributed by atoms with Crippen molar-refractivity contribution in [3.8, 4) is 0 Å². The SMILES string of the molecule is CCOC(=O)[C@@]1(C)CCCC[C@@H]1O. The van der Waals surface area contributed by atoms with Crippen LogP contribution in [0.3, 0.4) is 0 Å². The fourth-order valence-corrected chi connectivity index (χ4v) is 1.85. The smallest absolute Gasteiger partial charge is 0.314 e. The third-order valence-electron chi connectivity index (χ3n) is 2.90. The summed E-state index contributed by atoms with van der Waals surface area (Å²) in [7, 11) is 0. The van der Waals surface area contributed by atoms with Gasteiger partial charge in [0.1, 0.15) is 0 Å². The van der Waals surface area contributed by atoms with Gasteiger partial charge in [-0.1, -0.05) is 12.8 Å². The van der Waals surface area contributed by atoms with E-state index in [0.717, 1.165) is 25.7 Å². The fraction of sp³-hybridized carbons (Fsp3) is 0.900. The summed E-state index contributed by atoms with van der Waals surface area (Å²) in [5, 5.41) is 9.72. The third-order valence-corrected chi connectivity index (χ3v) is 2.90. The second-order valence-corrected chi connectivity index (χ2v) is 3.90. The number of rotatable bonds is 2. The lowest BCUT2D eigenvalue weighted by Gasteiger charge is -2.35. The van der Waals surface area contributed by atoms with Crippen LogP contribution in [0.15, 0.2) is 0 Å². The number of hydrogen-bond acceptors (Lipinski definition) is 3. The maximum absolute atomic E-state index is 11.5. The first kappa shape index (κ1) is 10.5. The van der Waals surface area contributed by atoms with Crippen molar-refractivity contribution in [3.05, 3.63) is 0 Å². The normalized spacial score (nSPS) is 34.2. The van der Waals surface area contributed by atoms with Crippen LogP contribution >= 0.6 is 0 Å². The Balaban J connectivity index is 2.65. The van der Waals surface area contributed by atoms with Gasteiger partial charge in [0.15, 0.2) is 0 Å². The Morgan fingerprint density at radius 3 is 2.85 bits per heavy atom. The van der Waals surface area contributed by atoms with Crippen LogP contribution in [0.2, 0.25) is 0 Å². The van der Waals surface area contributed by atoms with E-state index in [0.29, 0.717) is 6.61 Å². The molecule has 2 atom stereocenters. The van der Waals surface area contributed by atoms with Crippen LogP contribution in [0.4, 0.5) is 0 Å².